The Kier molecular flexibility index (Phi) is 4.64. The van der Waals surface area contributed by atoms with E-state index in [0.29, 0.717) is 22.0 Å². The van der Waals surface area contributed by atoms with E-state index in [1.807, 2.05) is 12.1 Å². The highest BCUT2D eigenvalue weighted by Crippen LogP contribution is 2.39. The first-order valence-electron chi connectivity index (χ1n) is 6.60. The Morgan fingerprint density at radius 3 is 2.68 bits per heavy atom. The summed E-state index contributed by atoms with van der Waals surface area (Å²) in [6.07, 6.45) is 1.39. The smallest absolute Gasteiger partial charge is 0.177 e. The monoisotopic (exact) mass is 314 g/mol. The largest absolute Gasteiger partial charge is 0.404 e. The lowest BCUT2D eigenvalue weighted by Crippen LogP contribution is -2.37. The summed E-state index contributed by atoms with van der Waals surface area (Å²) in [6, 6.07) is 9.27. The van der Waals surface area contributed by atoms with Crippen molar-refractivity contribution in [1.82, 2.24) is 5.32 Å². The zero-order valence-corrected chi connectivity index (χ0v) is 13.0. The zero-order chi connectivity index (χ0) is 16.3. The summed E-state index contributed by atoms with van der Waals surface area (Å²) in [4.78, 5) is 16.0. The van der Waals surface area contributed by atoms with Crippen molar-refractivity contribution in [3.8, 4) is 6.07 Å². The highest BCUT2D eigenvalue weighted by molar-refractivity contribution is 6.31. The molecule has 1 unspecified atom stereocenters. The van der Waals surface area contributed by atoms with E-state index in [9.17, 15) is 10.1 Å². The topological polar surface area (TPSA) is 91.3 Å². The number of hydrogen-bond donors (Lipinski definition) is 2. The number of nitrogens with two attached hydrogens (primary N) is 1. The SMILES string of the molecule is CN=C1NC(C(C)=O)=C(C#N)C(c2ccccc2Cl)/C1=C/N. The predicted octanol–water partition coefficient (Wildman–Crippen LogP) is 2.26. The first-order valence-corrected chi connectivity index (χ1v) is 6.98. The number of nitrogens with zero attached hydrogens (tertiary/aromatic N) is 2. The fourth-order valence-corrected chi connectivity index (χ4v) is 2.73. The Labute approximate surface area is 133 Å². The minimum atomic E-state index is -0.525. The number of ketones is 1. The van der Waals surface area contributed by atoms with E-state index >= 15 is 0 Å². The average molecular weight is 315 g/mol. The number of rotatable bonds is 2. The number of nitriles is 1. The van der Waals surface area contributed by atoms with Gasteiger partial charge in [0.25, 0.3) is 0 Å². The van der Waals surface area contributed by atoms with Gasteiger partial charge in [-0.3, -0.25) is 9.79 Å². The van der Waals surface area contributed by atoms with E-state index in [0.717, 1.165) is 0 Å². The Hall–Kier alpha value is -2.58. The molecule has 0 bridgehead atoms. The Balaban J connectivity index is 2.80. The molecule has 1 heterocycles. The molecule has 1 atom stereocenters. The van der Waals surface area contributed by atoms with Crippen LogP contribution >= 0.6 is 11.6 Å². The third-order valence-electron chi connectivity index (χ3n) is 3.48. The molecular formula is C16H15ClN4O. The summed E-state index contributed by atoms with van der Waals surface area (Å²) in [5, 5.41) is 12.9. The number of aliphatic imine (C=N–C) groups is 1. The molecule has 1 aromatic rings. The molecule has 6 heteroatoms. The van der Waals surface area contributed by atoms with Crippen LogP contribution in [-0.2, 0) is 4.79 Å². The number of carbonyl (C=O) groups excluding carboxylic acids is 1. The summed E-state index contributed by atoms with van der Waals surface area (Å²) >= 11 is 6.28. The maximum Gasteiger partial charge on any atom is 0.177 e. The highest BCUT2D eigenvalue weighted by atomic mass is 35.5. The number of nitrogens with one attached hydrogen (secondary N) is 1. The van der Waals surface area contributed by atoms with Crippen molar-refractivity contribution >= 4 is 23.2 Å². The van der Waals surface area contributed by atoms with Gasteiger partial charge in [-0.25, -0.2) is 0 Å². The second kappa shape index (κ2) is 6.46. The second-order valence-corrected chi connectivity index (χ2v) is 5.14. The van der Waals surface area contributed by atoms with Crippen LogP contribution in [0.5, 0.6) is 0 Å². The Morgan fingerprint density at radius 2 is 2.18 bits per heavy atom. The second-order valence-electron chi connectivity index (χ2n) is 4.73. The molecule has 0 radical (unpaired) electrons. The maximum atomic E-state index is 11.9. The van der Waals surface area contributed by atoms with Crippen molar-refractivity contribution in [2.24, 2.45) is 10.7 Å². The maximum absolute atomic E-state index is 11.9. The number of carbonyl (C=O) groups is 1. The van der Waals surface area contributed by atoms with Gasteiger partial charge in [0, 0.05) is 30.8 Å². The van der Waals surface area contributed by atoms with Gasteiger partial charge in [-0.2, -0.15) is 5.26 Å². The number of halogens is 1. The highest BCUT2D eigenvalue weighted by Gasteiger charge is 2.34. The average Bonchev–Trinajstić information content (AvgIpc) is 2.53. The van der Waals surface area contributed by atoms with Crippen LogP contribution in [0, 0.1) is 11.3 Å². The van der Waals surface area contributed by atoms with Crippen molar-refractivity contribution in [1.29, 1.82) is 5.26 Å². The minimum Gasteiger partial charge on any atom is -0.404 e. The molecule has 1 aromatic carbocycles. The predicted molar refractivity (Wildman–Crippen MR) is 86.3 cm³/mol. The van der Waals surface area contributed by atoms with Gasteiger partial charge in [0.1, 0.15) is 5.84 Å². The molecule has 22 heavy (non-hydrogen) atoms. The van der Waals surface area contributed by atoms with Gasteiger partial charge in [0.05, 0.1) is 23.3 Å². The molecule has 0 saturated heterocycles. The van der Waals surface area contributed by atoms with Crippen molar-refractivity contribution in [3.05, 3.63) is 57.9 Å². The van der Waals surface area contributed by atoms with Gasteiger partial charge in [0.2, 0.25) is 0 Å². The number of Topliss-reactive ketones (excluding diaryl/α,β-unsaturated/α-hetero) is 1. The number of hydrogen-bond acceptors (Lipinski definition) is 4. The van der Waals surface area contributed by atoms with E-state index < -0.39 is 5.92 Å². The van der Waals surface area contributed by atoms with E-state index in [-0.39, 0.29) is 17.1 Å². The molecule has 5 nitrogen and oxygen atoms in total. The molecule has 1 aliphatic heterocycles. The lowest BCUT2D eigenvalue weighted by Gasteiger charge is -2.29. The van der Waals surface area contributed by atoms with Crippen LogP contribution in [0.3, 0.4) is 0 Å². The Bertz CT molecular complexity index is 756. The van der Waals surface area contributed by atoms with Crippen molar-refractivity contribution in [3.63, 3.8) is 0 Å². The van der Waals surface area contributed by atoms with Gasteiger partial charge in [0.15, 0.2) is 5.78 Å². The van der Waals surface area contributed by atoms with Gasteiger partial charge in [-0.1, -0.05) is 29.8 Å². The summed E-state index contributed by atoms with van der Waals surface area (Å²) in [6.45, 7) is 1.40. The molecule has 0 spiro atoms. The van der Waals surface area contributed by atoms with E-state index in [1.165, 1.54) is 13.1 Å². The summed E-state index contributed by atoms with van der Waals surface area (Å²) in [5.74, 6) is -0.315. The van der Waals surface area contributed by atoms with Crippen molar-refractivity contribution in [2.75, 3.05) is 7.05 Å². The molecule has 112 valence electrons. The first kappa shape index (κ1) is 15.8. The van der Waals surface area contributed by atoms with Gasteiger partial charge >= 0.3 is 0 Å². The number of amidine groups is 1. The molecule has 0 aromatic heterocycles. The quantitative estimate of drug-likeness (QED) is 0.876. The van der Waals surface area contributed by atoms with E-state index in [2.05, 4.69) is 16.4 Å². The number of benzene rings is 1. The summed E-state index contributed by atoms with van der Waals surface area (Å²) in [7, 11) is 1.59. The van der Waals surface area contributed by atoms with Crippen molar-refractivity contribution in [2.45, 2.75) is 12.8 Å². The molecule has 2 rings (SSSR count). The van der Waals surface area contributed by atoms with E-state index in [1.54, 1.807) is 19.2 Å². The van der Waals surface area contributed by atoms with Crippen LogP contribution in [0.15, 0.2) is 52.3 Å². The normalized spacial score (nSPS) is 21.6. The van der Waals surface area contributed by atoms with Crippen molar-refractivity contribution < 1.29 is 4.79 Å². The first-order chi connectivity index (χ1) is 10.5. The van der Waals surface area contributed by atoms with Crippen LogP contribution in [0.2, 0.25) is 5.02 Å². The standard InChI is InChI=1S/C16H15ClN4O/c1-9(22)15-11(7-18)14(10-5-3-4-6-13(10)17)12(8-19)16(20-2)21-15/h3-6,8,14H,19H2,1-2H3,(H,20,21)/b12-8-. The minimum absolute atomic E-state index is 0.221. The van der Waals surface area contributed by atoms with Crippen LogP contribution in [0.4, 0.5) is 0 Å². The van der Waals surface area contributed by atoms with Crippen LogP contribution in [-0.4, -0.2) is 18.7 Å². The molecule has 0 fully saturated rings. The fraction of sp³-hybridized carbons (Fsp3) is 0.188. The summed E-state index contributed by atoms with van der Waals surface area (Å²) in [5.41, 5.74) is 7.56. The molecule has 3 N–H and O–H groups in total. The molecule has 0 aliphatic carbocycles. The van der Waals surface area contributed by atoms with Crippen LogP contribution < -0.4 is 11.1 Å². The third-order valence-corrected chi connectivity index (χ3v) is 3.82. The van der Waals surface area contributed by atoms with Gasteiger partial charge in [-0.05, 0) is 11.6 Å². The lowest BCUT2D eigenvalue weighted by atomic mass is 9.80. The lowest BCUT2D eigenvalue weighted by molar-refractivity contribution is -0.113. The Morgan fingerprint density at radius 1 is 1.50 bits per heavy atom. The van der Waals surface area contributed by atoms with Gasteiger partial charge in [-0.15, -0.1) is 0 Å². The van der Waals surface area contributed by atoms with Crippen LogP contribution in [0.1, 0.15) is 18.4 Å². The molecule has 0 amide bonds. The molecular weight excluding hydrogens is 300 g/mol. The van der Waals surface area contributed by atoms with Gasteiger partial charge < -0.3 is 11.1 Å². The molecule has 1 aliphatic rings. The zero-order valence-electron chi connectivity index (χ0n) is 12.2. The van der Waals surface area contributed by atoms with E-state index in [4.69, 9.17) is 17.3 Å². The van der Waals surface area contributed by atoms with Crippen LogP contribution in [0.25, 0.3) is 0 Å². The molecule has 0 saturated carbocycles. The third kappa shape index (κ3) is 2.61. The number of allylic oxidation sites excluding steroid dienone is 2. The fourth-order valence-electron chi connectivity index (χ4n) is 2.48. The summed E-state index contributed by atoms with van der Waals surface area (Å²) < 4.78 is 0.